The third-order valence-corrected chi connectivity index (χ3v) is 2.77. The Labute approximate surface area is 79.6 Å². The van der Waals surface area contributed by atoms with Gasteiger partial charge >= 0.3 is 0 Å². The molecule has 0 bridgehead atoms. The molecule has 2 aliphatic rings. The van der Waals surface area contributed by atoms with Crippen LogP contribution in [-0.4, -0.2) is 23.9 Å². The highest BCUT2D eigenvalue weighted by Gasteiger charge is 2.32. The molecule has 0 atom stereocenters. The molecule has 1 aliphatic heterocycles. The lowest BCUT2D eigenvalue weighted by atomic mass is 10.2. The Kier molecular flexibility index (Phi) is 2.67. The van der Waals surface area contributed by atoms with Gasteiger partial charge in [0.05, 0.1) is 0 Å². The van der Waals surface area contributed by atoms with Gasteiger partial charge < -0.3 is 4.90 Å². The van der Waals surface area contributed by atoms with Crippen molar-refractivity contribution in [3.63, 3.8) is 0 Å². The zero-order valence-electron chi connectivity index (χ0n) is 8.04. The van der Waals surface area contributed by atoms with Gasteiger partial charge in [0, 0.05) is 19.0 Å². The molecular formula is C11H17NO. The van der Waals surface area contributed by atoms with Crippen molar-refractivity contribution < 1.29 is 4.79 Å². The lowest BCUT2D eigenvalue weighted by molar-refractivity contribution is -0.132. The van der Waals surface area contributed by atoms with E-state index in [4.69, 9.17) is 0 Å². The third-order valence-electron chi connectivity index (χ3n) is 2.77. The van der Waals surface area contributed by atoms with Gasteiger partial charge in [0.15, 0.2) is 0 Å². The van der Waals surface area contributed by atoms with Crippen molar-refractivity contribution in [1.82, 2.24) is 4.90 Å². The topological polar surface area (TPSA) is 20.3 Å². The van der Waals surface area contributed by atoms with Gasteiger partial charge in [-0.25, -0.2) is 0 Å². The highest BCUT2D eigenvalue weighted by Crippen LogP contribution is 2.31. The van der Waals surface area contributed by atoms with Gasteiger partial charge in [0.1, 0.15) is 0 Å². The van der Waals surface area contributed by atoms with Gasteiger partial charge in [-0.2, -0.15) is 0 Å². The number of carbonyl (C=O) groups is 1. The maximum absolute atomic E-state index is 11.7. The van der Waals surface area contributed by atoms with Crippen LogP contribution in [0.25, 0.3) is 0 Å². The van der Waals surface area contributed by atoms with Crippen LogP contribution in [0.5, 0.6) is 0 Å². The van der Waals surface area contributed by atoms with E-state index in [0.29, 0.717) is 11.8 Å². The largest absolute Gasteiger partial charge is 0.342 e. The number of hydrogen-bond acceptors (Lipinski definition) is 1. The average Bonchev–Trinajstić information content (AvgIpc) is 2.84. The van der Waals surface area contributed by atoms with Crippen LogP contribution in [0.15, 0.2) is 12.2 Å². The second kappa shape index (κ2) is 3.95. The minimum Gasteiger partial charge on any atom is -0.342 e. The minimum atomic E-state index is 0.392. The van der Waals surface area contributed by atoms with Gasteiger partial charge in [-0.15, -0.1) is 0 Å². The number of rotatable bonds is 1. The fourth-order valence-corrected chi connectivity index (χ4v) is 1.79. The molecule has 2 heteroatoms. The average molecular weight is 179 g/mol. The molecule has 1 saturated carbocycles. The molecule has 1 fully saturated rings. The maximum Gasteiger partial charge on any atom is 0.225 e. The van der Waals surface area contributed by atoms with E-state index >= 15 is 0 Å². The predicted octanol–water partition coefficient (Wildman–Crippen LogP) is 1.97. The van der Waals surface area contributed by atoms with Crippen LogP contribution in [0.4, 0.5) is 0 Å². The Morgan fingerprint density at radius 2 is 1.92 bits per heavy atom. The smallest absolute Gasteiger partial charge is 0.225 e. The molecule has 1 aliphatic carbocycles. The maximum atomic E-state index is 11.7. The molecule has 0 spiro atoms. The second-order valence-corrected chi connectivity index (χ2v) is 4.00. The summed E-state index contributed by atoms with van der Waals surface area (Å²) in [6.45, 7) is 1.91. The summed E-state index contributed by atoms with van der Waals surface area (Å²) in [6, 6.07) is 0. The van der Waals surface area contributed by atoms with Gasteiger partial charge in [-0.3, -0.25) is 4.79 Å². The monoisotopic (exact) mass is 179 g/mol. The van der Waals surface area contributed by atoms with E-state index in [2.05, 4.69) is 17.1 Å². The van der Waals surface area contributed by atoms with Gasteiger partial charge in [0.2, 0.25) is 5.91 Å². The summed E-state index contributed by atoms with van der Waals surface area (Å²) in [7, 11) is 0. The van der Waals surface area contributed by atoms with Crippen LogP contribution in [0, 0.1) is 5.92 Å². The van der Waals surface area contributed by atoms with Crippen LogP contribution in [-0.2, 0) is 4.79 Å². The first-order chi connectivity index (χ1) is 6.38. The lowest BCUT2D eigenvalue weighted by Gasteiger charge is -2.23. The third kappa shape index (κ3) is 2.33. The van der Waals surface area contributed by atoms with Crippen molar-refractivity contribution in [2.24, 2.45) is 5.92 Å². The summed E-state index contributed by atoms with van der Waals surface area (Å²) in [5.41, 5.74) is 0. The van der Waals surface area contributed by atoms with Crippen molar-refractivity contribution in [3.8, 4) is 0 Å². The molecule has 1 heterocycles. The van der Waals surface area contributed by atoms with Crippen molar-refractivity contribution in [2.75, 3.05) is 13.1 Å². The summed E-state index contributed by atoms with van der Waals surface area (Å²) >= 11 is 0. The summed E-state index contributed by atoms with van der Waals surface area (Å²) in [4.78, 5) is 13.8. The fourth-order valence-electron chi connectivity index (χ4n) is 1.79. The zero-order valence-corrected chi connectivity index (χ0v) is 8.04. The molecule has 72 valence electrons. The Morgan fingerprint density at radius 3 is 2.69 bits per heavy atom. The van der Waals surface area contributed by atoms with Gasteiger partial charge in [-0.05, 0) is 32.1 Å². The summed E-state index contributed by atoms with van der Waals surface area (Å²) in [5, 5.41) is 0. The van der Waals surface area contributed by atoms with Crippen LogP contribution >= 0.6 is 0 Å². The fraction of sp³-hybridized carbons (Fsp3) is 0.727. The first-order valence-corrected chi connectivity index (χ1v) is 5.32. The molecule has 0 unspecified atom stereocenters. The van der Waals surface area contributed by atoms with Gasteiger partial charge in [-0.1, -0.05) is 12.2 Å². The number of nitrogens with zero attached hydrogens (tertiary/aromatic N) is 1. The van der Waals surface area contributed by atoms with Crippen LogP contribution < -0.4 is 0 Å². The number of allylic oxidation sites excluding steroid dienone is 1. The lowest BCUT2D eigenvalue weighted by Crippen LogP contribution is -2.34. The Hall–Kier alpha value is -0.790. The van der Waals surface area contributed by atoms with Crippen LogP contribution in [0.2, 0.25) is 0 Å². The van der Waals surface area contributed by atoms with E-state index in [9.17, 15) is 4.79 Å². The molecule has 0 aromatic rings. The number of hydrogen-bond donors (Lipinski definition) is 0. The van der Waals surface area contributed by atoms with E-state index in [1.165, 1.54) is 0 Å². The van der Waals surface area contributed by atoms with E-state index in [0.717, 1.165) is 45.2 Å². The number of carbonyl (C=O) groups excluding carboxylic acids is 1. The standard InChI is InChI=1S/C11H17NO/c13-11(10-6-7-10)12-8-4-2-1-3-5-9-12/h1-2,10H,3-9H2/b2-1+. The van der Waals surface area contributed by atoms with Crippen molar-refractivity contribution in [1.29, 1.82) is 0 Å². The highest BCUT2D eigenvalue weighted by molar-refractivity contribution is 5.81. The van der Waals surface area contributed by atoms with Crippen molar-refractivity contribution in [3.05, 3.63) is 12.2 Å². The molecule has 2 rings (SSSR count). The SMILES string of the molecule is O=C(C1CC1)N1CC/C=C/CCC1. The van der Waals surface area contributed by atoms with E-state index in [1.807, 2.05) is 0 Å². The molecule has 0 N–H and O–H groups in total. The van der Waals surface area contributed by atoms with E-state index in [1.54, 1.807) is 0 Å². The minimum absolute atomic E-state index is 0.392. The van der Waals surface area contributed by atoms with Crippen molar-refractivity contribution >= 4 is 5.91 Å². The van der Waals surface area contributed by atoms with E-state index < -0.39 is 0 Å². The summed E-state index contributed by atoms with van der Waals surface area (Å²) in [6.07, 6.45) is 10.0. The highest BCUT2D eigenvalue weighted by atomic mass is 16.2. The quantitative estimate of drug-likeness (QED) is 0.563. The molecule has 2 nitrogen and oxygen atoms in total. The molecule has 1 amide bonds. The van der Waals surface area contributed by atoms with Crippen molar-refractivity contribution in [2.45, 2.75) is 32.1 Å². The molecule has 0 aromatic heterocycles. The normalized spacial score (nSPS) is 26.3. The molecule has 0 saturated heterocycles. The first kappa shape index (κ1) is 8.79. The van der Waals surface area contributed by atoms with E-state index in [-0.39, 0.29) is 0 Å². The Bertz CT molecular complexity index is 218. The Balaban J connectivity index is 1.88. The van der Waals surface area contributed by atoms with Gasteiger partial charge in [0.25, 0.3) is 0 Å². The zero-order chi connectivity index (χ0) is 9.10. The summed E-state index contributed by atoms with van der Waals surface area (Å²) in [5.74, 6) is 0.804. The van der Waals surface area contributed by atoms with Crippen LogP contribution in [0.1, 0.15) is 32.1 Å². The molecule has 0 radical (unpaired) electrons. The molecule has 13 heavy (non-hydrogen) atoms. The Morgan fingerprint density at radius 1 is 1.15 bits per heavy atom. The predicted molar refractivity (Wildman–Crippen MR) is 52.3 cm³/mol. The first-order valence-electron chi connectivity index (χ1n) is 5.32. The molecule has 0 aromatic carbocycles. The summed E-state index contributed by atoms with van der Waals surface area (Å²) < 4.78 is 0. The van der Waals surface area contributed by atoms with Crippen LogP contribution in [0.3, 0.4) is 0 Å². The second-order valence-electron chi connectivity index (χ2n) is 4.00. The number of amides is 1. The molecular weight excluding hydrogens is 162 g/mol.